The van der Waals surface area contributed by atoms with Crippen molar-refractivity contribution in [2.75, 3.05) is 7.11 Å². The molecule has 0 aliphatic heterocycles. The SMILES string of the molecule is CCCC(/C=C/C(=O)OC)=N\O. The van der Waals surface area contributed by atoms with Crippen LogP contribution in [0.5, 0.6) is 0 Å². The molecule has 1 N–H and O–H groups in total. The van der Waals surface area contributed by atoms with E-state index in [0.29, 0.717) is 12.1 Å². The fourth-order valence-corrected chi connectivity index (χ4v) is 0.655. The molecule has 0 heterocycles. The van der Waals surface area contributed by atoms with Gasteiger partial charge in [-0.25, -0.2) is 4.79 Å². The first-order valence-electron chi connectivity index (χ1n) is 3.71. The summed E-state index contributed by atoms with van der Waals surface area (Å²) < 4.78 is 4.36. The van der Waals surface area contributed by atoms with E-state index in [4.69, 9.17) is 5.21 Å². The molecule has 0 aromatic heterocycles. The first kappa shape index (κ1) is 10.7. The van der Waals surface area contributed by atoms with Gasteiger partial charge in [-0.1, -0.05) is 18.5 Å². The smallest absolute Gasteiger partial charge is 0.330 e. The minimum Gasteiger partial charge on any atom is -0.466 e. The minimum absolute atomic E-state index is 0.452. The molecule has 4 nitrogen and oxygen atoms in total. The molecule has 0 bridgehead atoms. The minimum atomic E-state index is -0.452. The maximum absolute atomic E-state index is 10.6. The molecule has 0 aromatic rings. The standard InChI is InChI=1S/C8H13NO3/c1-3-4-7(9-11)5-6-8(10)12-2/h5-6,11H,3-4H2,1-2H3/b6-5+,9-7+. The zero-order valence-corrected chi connectivity index (χ0v) is 7.28. The molecule has 0 saturated carbocycles. The van der Waals surface area contributed by atoms with Gasteiger partial charge in [0.2, 0.25) is 0 Å². The molecular weight excluding hydrogens is 158 g/mol. The van der Waals surface area contributed by atoms with E-state index < -0.39 is 5.97 Å². The molecule has 0 saturated heterocycles. The maximum Gasteiger partial charge on any atom is 0.330 e. The van der Waals surface area contributed by atoms with E-state index in [1.165, 1.54) is 19.3 Å². The van der Waals surface area contributed by atoms with Crippen molar-refractivity contribution in [3.8, 4) is 0 Å². The topological polar surface area (TPSA) is 58.9 Å². The van der Waals surface area contributed by atoms with Gasteiger partial charge in [0.05, 0.1) is 12.8 Å². The third-order valence-corrected chi connectivity index (χ3v) is 1.25. The Kier molecular flexibility index (Phi) is 5.69. The Bertz CT molecular complexity index is 196. The van der Waals surface area contributed by atoms with Gasteiger partial charge in [-0.2, -0.15) is 0 Å². The third-order valence-electron chi connectivity index (χ3n) is 1.25. The molecule has 4 heteroatoms. The van der Waals surface area contributed by atoms with Crippen molar-refractivity contribution >= 4 is 11.7 Å². The summed E-state index contributed by atoms with van der Waals surface area (Å²) in [7, 11) is 1.29. The monoisotopic (exact) mass is 171 g/mol. The summed E-state index contributed by atoms with van der Waals surface area (Å²) in [6.07, 6.45) is 4.18. The number of hydrogen-bond donors (Lipinski definition) is 1. The van der Waals surface area contributed by atoms with Crippen LogP contribution in [0.4, 0.5) is 0 Å². The van der Waals surface area contributed by atoms with Crippen molar-refractivity contribution in [2.45, 2.75) is 19.8 Å². The summed E-state index contributed by atoms with van der Waals surface area (Å²) in [6, 6.07) is 0. The molecule has 12 heavy (non-hydrogen) atoms. The van der Waals surface area contributed by atoms with Crippen molar-refractivity contribution in [3.63, 3.8) is 0 Å². The lowest BCUT2D eigenvalue weighted by atomic mass is 10.2. The van der Waals surface area contributed by atoms with E-state index in [2.05, 4.69) is 9.89 Å². The van der Waals surface area contributed by atoms with Gasteiger partial charge in [0, 0.05) is 6.08 Å². The van der Waals surface area contributed by atoms with E-state index in [9.17, 15) is 4.79 Å². The predicted octanol–water partition coefficient (Wildman–Crippen LogP) is 1.35. The van der Waals surface area contributed by atoms with E-state index >= 15 is 0 Å². The van der Waals surface area contributed by atoms with Gasteiger partial charge in [-0.15, -0.1) is 0 Å². The molecule has 0 aliphatic carbocycles. The predicted molar refractivity (Wildman–Crippen MR) is 45.3 cm³/mol. The second-order valence-electron chi connectivity index (χ2n) is 2.20. The fourth-order valence-electron chi connectivity index (χ4n) is 0.655. The molecule has 0 spiro atoms. The summed E-state index contributed by atoms with van der Waals surface area (Å²) in [6.45, 7) is 1.96. The Hall–Kier alpha value is -1.32. The highest BCUT2D eigenvalue weighted by Gasteiger charge is 1.95. The quantitative estimate of drug-likeness (QED) is 0.228. The van der Waals surface area contributed by atoms with Crippen LogP contribution < -0.4 is 0 Å². The number of ether oxygens (including phenoxy) is 1. The van der Waals surface area contributed by atoms with Gasteiger partial charge in [-0.05, 0) is 12.5 Å². The second-order valence-corrected chi connectivity index (χ2v) is 2.20. The molecule has 0 unspecified atom stereocenters. The Labute approximate surface area is 71.5 Å². The Balaban J connectivity index is 4.02. The van der Waals surface area contributed by atoms with Crippen LogP contribution in [0.15, 0.2) is 17.3 Å². The summed E-state index contributed by atoms with van der Waals surface area (Å²) in [5, 5.41) is 11.4. The summed E-state index contributed by atoms with van der Waals surface area (Å²) in [4.78, 5) is 10.6. The van der Waals surface area contributed by atoms with Crippen molar-refractivity contribution in [1.29, 1.82) is 0 Å². The van der Waals surface area contributed by atoms with Crippen LogP contribution in [-0.4, -0.2) is 24.0 Å². The number of hydrogen-bond acceptors (Lipinski definition) is 4. The van der Waals surface area contributed by atoms with Gasteiger partial charge < -0.3 is 9.94 Å². The lowest BCUT2D eigenvalue weighted by molar-refractivity contribution is -0.134. The first-order chi connectivity index (χ1) is 5.74. The van der Waals surface area contributed by atoms with E-state index in [1.54, 1.807) is 0 Å². The average molecular weight is 171 g/mol. The molecule has 0 radical (unpaired) electrons. The highest BCUT2D eigenvalue weighted by atomic mass is 16.5. The highest BCUT2D eigenvalue weighted by Crippen LogP contribution is 1.93. The lowest BCUT2D eigenvalue weighted by Gasteiger charge is -1.93. The molecular formula is C8H13NO3. The van der Waals surface area contributed by atoms with Crippen LogP contribution in [0.1, 0.15) is 19.8 Å². The highest BCUT2D eigenvalue weighted by molar-refractivity contribution is 5.99. The number of carbonyl (C=O) groups excluding carboxylic acids is 1. The number of rotatable bonds is 4. The van der Waals surface area contributed by atoms with Crippen molar-refractivity contribution in [1.82, 2.24) is 0 Å². The van der Waals surface area contributed by atoms with Crippen LogP contribution >= 0.6 is 0 Å². The Morgan fingerprint density at radius 3 is 2.67 bits per heavy atom. The fraction of sp³-hybridized carbons (Fsp3) is 0.500. The molecule has 0 fully saturated rings. The lowest BCUT2D eigenvalue weighted by Crippen LogP contribution is -1.98. The Morgan fingerprint density at radius 1 is 1.58 bits per heavy atom. The largest absolute Gasteiger partial charge is 0.466 e. The van der Waals surface area contributed by atoms with E-state index in [1.807, 2.05) is 6.92 Å². The summed E-state index contributed by atoms with van der Waals surface area (Å²) in [5.74, 6) is -0.452. The van der Waals surface area contributed by atoms with Gasteiger partial charge >= 0.3 is 5.97 Å². The zero-order chi connectivity index (χ0) is 9.40. The Morgan fingerprint density at radius 2 is 2.25 bits per heavy atom. The van der Waals surface area contributed by atoms with Gasteiger partial charge in [0.25, 0.3) is 0 Å². The van der Waals surface area contributed by atoms with Crippen molar-refractivity contribution in [2.24, 2.45) is 5.16 Å². The number of oxime groups is 1. The van der Waals surface area contributed by atoms with Crippen molar-refractivity contribution < 1.29 is 14.7 Å². The van der Waals surface area contributed by atoms with Gasteiger partial charge in [0.15, 0.2) is 0 Å². The molecule has 0 atom stereocenters. The number of carbonyl (C=O) groups is 1. The number of allylic oxidation sites excluding steroid dienone is 1. The van der Waals surface area contributed by atoms with Crippen LogP contribution in [-0.2, 0) is 9.53 Å². The van der Waals surface area contributed by atoms with E-state index in [0.717, 1.165) is 6.42 Å². The van der Waals surface area contributed by atoms with Crippen LogP contribution in [0.3, 0.4) is 0 Å². The summed E-state index contributed by atoms with van der Waals surface area (Å²) >= 11 is 0. The number of esters is 1. The first-order valence-corrected chi connectivity index (χ1v) is 3.71. The number of nitrogens with zero attached hydrogens (tertiary/aromatic N) is 1. The van der Waals surface area contributed by atoms with Gasteiger partial charge in [-0.3, -0.25) is 0 Å². The van der Waals surface area contributed by atoms with Crippen LogP contribution in [0, 0.1) is 0 Å². The van der Waals surface area contributed by atoms with Gasteiger partial charge in [0.1, 0.15) is 0 Å². The molecule has 0 aromatic carbocycles. The van der Waals surface area contributed by atoms with E-state index in [-0.39, 0.29) is 0 Å². The summed E-state index contributed by atoms with van der Waals surface area (Å²) in [5.41, 5.74) is 0.475. The van der Waals surface area contributed by atoms with Crippen LogP contribution in [0.2, 0.25) is 0 Å². The third kappa shape index (κ3) is 4.49. The molecule has 68 valence electrons. The maximum atomic E-state index is 10.6. The number of methoxy groups -OCH3 is 1. The zero-order valence-electron chi connectivity index (χ0n) is 7.28. The molecule has 0 aliphatic rings. The second kappa shape index (κ2) is 6.39. The van der Waals surface area contributed by atoms with Crippen LogP contribution in [0.25, 0.3) is 0 Å². The molecule has 0 rings (SSSR count). The normalized spacial score (nSPS) is 12.0. The molecule has 0 amide bonds. The van der Waals surface area contributed by atoms with Crippen molar-refractivity contribution in [3.05, 3.63) is 12.2 Å². The average Bonchev–Trinajstić information content (AvgIpc) is 2.11.